The third-order valence-electron chi connectivity index (χ3n) is 2.94. The Balaban J connectivity index is 2.79. The highest BCUT2D eigenvalue weighted by Gasteiger charge is 2.25. The first-order valence-electron chi connectivity index (χ1n) is 5.23. The Hall–Kier alpha value is -1.37. The van der Waals surface area contributed by atoms with Crippen molar-refractivity contribution in [1.82, 2.24) is 0 Å². The van der Waals surface area contributed by atoms with Gasteiger partial charge >= 0.3 is 0 Å². The van der Waals surface area contributed by atoms with E-state index >= 15 is 0 Å². The van der Waals surface area contributed by atoms with Crippen LogP contribution in [0.4, 0.5) is 0 Å². The number of carbonyl (C=O) groups is 1. The Morgan fingerprint density at radius 1 is 1.33 bits per heavy atom. The molecule has 1 rings (SSSR count). The number of benzene rings is 1. The second kappa shape index (κ2) is 4.92. The van der Waals surface area contributed by atoms with Crippen LogP contribution in [0.2, 0.25) is 0 Å². The minimum Gasteiger partial charge on any atom is -0.303 e. The molecule has 1 aromatic rings. The molecule has 1 unspecified atom stereocenters. The molecule has 15 heavy (non-hydrogen) atoms. The predicted molar refractivity (Wildman–Crippen MR) is 63.7 cm³/mol. The van der Waals surface area contributed by atoms with Gasteiger partial charge in [0.05, 0.1) is 0 Å². The van der Waals surface area contributed by atoms with Crippen molar-refractivity contribution in [1.29, 1.82) is 0 Å². The summed E-state index contributed by atoms with van der Waals surface area (Å²) in [5.41, 5.74) is 1.06. The summed E-state index contributed by atoms with van der Waals surface area (Å²) >= 11 is 0. The van der Waals surface area contributed by atoms with E-state index in [4.69, 9.17) is 0 Å². The maximum absolute atomic E-state index is 11.1. The molecule has 0 saturated heterocycles. The van der Waals surface area contributed by atoms with Crippen molar-refractivity contribution in [2.75, 3.05) is 0 Å². The zero-order chi connectivity index (χ0) is 11.3. The van der Waals surface area contributed by atoms with Gasteiger partial charge in [0, 0.05) is 5.92 Å². The summed E-state index contributed by atoms with van der Waals surface area (Å²) in [6, 6.07) is 10.1. The third-order valence-corrected chi connectivity index (χ3v) is 2.94. The first-order chi connectivity index (χ1) is 7.10. The molecule has 0 fully saturated rings. The third kappa shape index (κ3) is 3.05. The van der Waals surface area contributed by atoms with E-state index in [1.165, 1.54) is 5.56 Å². The van der Waals surface area contributed by atoms with Crippen LogP contribution in [0.5, 0.6) is 0 Å². The van der Waals surface area contributed by atoms with E-state index in [2.05, 4.69) is 18.7 Å². The van der Waals surface area contributed by atoms with E-state index in [9.17, 15) is 4.79 Å². The van der Waals surface area contributed by atoms with Gasteiger partial charge < -0.3 is 4.79 Å². The first-order valence-corrected chi connectivity index (χ1v) is 5.23. The highest BCUT2D eigenvalue weighted by atomic mass is 16.1. The second-order valence-corrected chi connectivity index (χ2v) is 4.46. The maximum atomic E-state index is 11.1. The Labute approximate surface area is 91.8 Å². The summed E-state index contributed by atoms with van der Waals surface area (Å²) in [5, 5.41) is 0. The maximum Gasteiger partial charge on any atom is 0.124 e. The molecular formula is C14H18O. The highest BCUT2D eigenvalue weighted by Crippen LogP contribution is 2.29. The summed E-state index contributed by atoms with van der Waals surface area (Å²) in [4.78, 5) is 11.1. The van der Waals surface area contributed by atoms with Gasteiger partial charge in [-0.3, -0.25) is 0 Å². The van der Waals surface area contributed by atoms with Gasteiger partial charge in [-0.2, -0.15) is 0 Å². The lowest BCUT2D eigenvalue weighted by atomic mass is 9.76. The number of allylic oxidation sites excluding steroid dienone is 1. The molecule has 0 bridgehead atoms. The normalized spacial score (nSPS) is 13.2. The fourth-order valence-corrected chi connectivity index (χ4v) is 1.51. The smallest absolute Gasteiger partial charge is 0.124 e. The zero-order valence-corrected chi connectivity index (χ0v) is 9.44. The van der Waals surface area contributed by atoms with Crippen molar-refractivity contribution in [2.24, 2.45) is 11.3 Å². The van der Waals surface area contributed by atoms with Crippen molar-refractivity contribution in [2.45, 2.75) is 20.3 Å². The van der Waals surface area contributed by atoms with E-state index in [0.717, 1.165) is 12.7 Å². The number of rotatable bonds is 5. The molecule has 0 N–H and O–H groups in total. The molecule has 0 aliphatic heterocycles. The van der Waals surface area contributed by atoms with E-state index in [0.29, 0.717) is 0 Å². The Morgan fingerprint density at radius 3 is 2.40 bits per heavy atom. The molecule has 0 amide bonds. The number of carbonyl (C=O) groups excluding carboxylic acids is 1. The highest BCUT2D eigenvalue weighted by molar-refractivity contribution is 5.56. The monoisotopic (exact) mass is 202 g/mol. The van der Waals surface area contributed by atoms with Crippen molar-refractivity contribution in [3.8, 4) is 0 Å². The van der Waals surface area contributed by atoms with Crippen molar-refractivity contribution in [3.63, 3.8) is 0 Å². The van der Waals surface area contributed by atoms with Gasteiger partial charge in [0.2, 0.25) is 0 Å². The fourth-order valence-electron chi connectivity index (χ4n) is 1.51. The van der Waals surface area contributed by atoms with Gasteiger partial charge in [0.15, 0.2) is 0 Å². The molecule has 1 nitrogen and oxygen atoms in total. The van der Waals surface area contributed by atoms with Crippen LogP contribution in [0.1, 0.15) is 19.4 Å². The van der Waals surface area contributed by atoms with Gasteiger partial charge in [0.25, 0.3) is 0 Å². The van der Waals surface area contributed by atoms with Crippen molar-refractivity contribution in [3.05, 3.63) is 48.6 Å². The SMILES string of the molecule is C=CC(C)(C)C(C=O)Cc1ccccc1. The van der Waals surface area contributed by atoms with E-state index < -0.39 is 0 Å². The lowest BCUT2D eigenvalue weighted by Gasteiger charge is -2.27. The van der Waals surface area contributed by atoms with Gasteiger partial charge in [-0.1, -0.05) is 50.3 Å². The topological polar surface area (TPSA) is 17.1 Å². The molecule has 1 aromatic carbocycles. The molecule has 1 heteroatoms. The average molecular weight is 202 g/mol. The number of hydrogen-bond donors (Lipinski definition) is 0. The molecule has 0 spiro atoms. The molecule has 0 radical (unpaired) electrons. The van der Waals surface area contributed by atoms with Gasteiger partial charge in [0.1, 0.15) is 6.29 Å². The minimum absolute atomic E-state index is 0.00241. The van der Waals surface area contributed by atoms with Crippen LogP contribution < -0.4 is 0 Å². The van der Waals surface area contributed by atoms with Crippen LogP contribution in [0.3, 0.4) is 0 Å². The molecule has 0 aliphatic carbocycles. The lowest BCUT2D eigenvalue weighted by molar-refractivity contribution is -0.113. The number of hydrogen-bond acceptors (Lipinski definition) is 1. The fraction of sp³-hybridized carbons (Fsp3) is 0.357. The van der Waals surface area contributed by atoms with E-state index in [1.54, 1.807) is 0 Å². The molecular weight excluding hydrogens is 184 g/mol. The van der Waals surface area contributed by atoms with Gasteiger partial charge in [-0.25, -0.2) is 0 Å². The first kappa shape index (κ1) is 11.7. The summed E-state index contributed by atoms with van der Waals surface area (Å²) < 4.78 is 0. The van der Waals surface area contributed by atoms with Gasteiger partial charge in [-0.15, -0.1) is 6.58 Å². The minimum atomic E-state index is -0.141. The summed E-state index contributed by atoms with van der Waals surface area (Å²) in [6.45, 7) is 7.87. The quantitative estimate of drug-likeness (QED) is 0.529. The van der Waals surface area contributed by atoms with Crippen LogP contribution >= 0.6 is 0 Å². The van der Waals surface area contributed by atoms with Crippen LogP contribution in [-0.4, -0.2) is 6.29 Å². The Morgan fingerprint density at radius 2 is 1.93 bits per heavy atom. The summed E-state index contributed by atoms with van der Waals surface area (Å²) in [6.07, 6.45) is 3.67. The molecule has 80 valence electrons. The average Bonchev–Trinajstić information content (AvgIpc) is 2.27. The Kier molecular flexibility index (Phi) is 3.84. The second-order valence-electron chi connectivity index (χ2n) is 4.46. The van der Waals surface area contributed by atoms with Crippen molar-refractivity contribution >= 4 is 6.29 Å². The summed E-state index contributed by atoms with van der Waals surface area (Å²) in [5.74, 6) is -0.00241. The van der Waals surface area contributed by atoms with Crippen LogP contribution in [0.25, 0.3) is 0 Å². The molecule has 0 aromatic heterocycles. The zero-order valence-electron chi connectivity index (χ0n) is 9.44. The van der Waals surface area contributed by atoms with E-state index in [-0.39, 0.29) is 11.3 Å². The van der Waals surface area contributed by atoms with Gasteiger partial charge in [-0.05, 0) is 17.4 Å². The molecule has 0 aliphatic rings. The number of aldehydes is 1. The van der Waals surface area contributed by atoms with Crippen LogP contribution in [0.15, 0.2) is 43.0 Å². The standard InChI is InChI=1S/C14H18O/c1-4-14(2,3)13(11-15)10-12-8-6-5-7-9-12/h4-9,11,13H,1,10H2,2-3H3. The molecule has 0 saturated carbocycles. The van der Waals surface area contributed by atoms with Crippen LogP contribution in [0, 0.1) is 11.3 Å². The molecule has 0 heterocycles. The summed E-state index contributed by atoms with van der Waals surface area (Å²) in [7, 11) is 0. The lowest BCUT2D eigenvalue weighted by Crippen LogP contribution is -2.24. The molecule has 1 atom stereocenters. The van der Waals surface area contributed by atoms with E-state index in [1.807, 2.05) is 38.1 Å². The largest absolute Gasteiger partial charge is 0.303 e. The predicted octanol–water partition coefficient (Wildman–Crippen LogP) is 3.26. The van der Waals surface area contributed by atoms with Crippen molar-refractivity contribution < 1.29 is 4.79 Å². The van der Waals surface area contributed by atoms with Crippen LogP contribution in [-0.2, 0) is 11.2 Å². The Bertz CT molecular complexity index is 324.